The van der Waals surface area contributed by atoms with E-state index in [1.54, 1.807) is 24.3 Å². The predicted octanol–water partition coefficient (Wildman–Crippen LogP) is 4.10. The molecule has 2 rings (SSSR count). The van der Waals surface area contributed by atoms with Crippen molar-refractivity contribution in [2.45, 2.75) is 0 Å². The quantitative estimate of drug-likeness (QED) is 0.597. The minimum atomic E-state index is -0.319. The molecule has 0 aromatic heterocycles. The highest BCUT2D eigenvalue weighted by molar-refractivity contribution is 14.1. The molecule has 20 heavy (non-hydrogen) atoms. The van der Waals surface area contributed by atoms with E-state index in [4.69, 9.17) is 16.3 Å². The van der Waals surface area contributed by atoms with Crippen LogP contribution in [0.5, 0.6) is 5.75 Å². The Hall–Kier alpha value is -1.47. The van der Waals surface area contributed by atoms with E-state index in [9.17, 15) is 4.79 Å². The van der Waals surface area contributed by atoms with E-state index in [-0.39, 0.29) is 12.8 Å². The van der Waals surface area contributed by atoms with Crippen LogP contribution in [-0.4, -0.2) is 12.8 Å². The Morgan fingerprint density at radius 2 is 1.75 bits per heavy atom. The lowest BCUT2D eigenvalue weighted by Crippen LogP contribution is -2.31. The number of nitrogens with one attached hydrogen (secondary N) is 2. The molecule has 104 valence electrons. The van der Waals surface area contributed by atoms with E-state index < -0.39 is 0 Å². The highest BCUT2D eigenvalue weighted by atomic mass is 127. The number of hydrogen-bond donors (Lipinski definition) is 2. The van der Waals surface area contributed by atoms with Gasteiger partial charge in [-0.2, -0.15) is 0 Å². The molecule has 0 atom stereocenters. The first-order chi connectivity index (χ1) is 9.63. The molecule has 0 radical (unpaired) electrons. The Labute approximate surface area is 135 Å². The highest BCUT2D eigenvalue weighted by Gasteiger charge is 2.01. The van der Waals surface area contributed by atoms with E-state index in [0.717, 1.165) is 9.26 Å². The van der Waals surface area contributed by atoms with Gasteiger partial charge in [0.05, 0.1) is 0 Å². The number of benzene rings is 2. The van der Waals surface area contributed by atoms with Crippen LogP contribution in [0, 0.1) is 3.57 Å². The van der Waals surface area contributed by atoms with Gasteiger partial charge in [0.25, 0.3) is 0 Å². The summed E-state index contributed by atoms with van der Waals surface area (Å²) < 4.78 is 6.47. The highest BCUT2D eigenvalue weighted by Crippen LogP contribution is 2.15. The van der Waals surface area contributed by atoms with Crippen LogP contribution in [0.3, 0.4) is 0 Å². The molecule has 2 aromatic rings. The van der Waals surface area contributed by atoms with E-state index in [2.05, 4.69) is 33.2 Å². The van der Waals surface area contributed by atoms with Gasteiger partial charge >= 0.3 is 6.03 Å². The molecule has 0 heterocycles. The largest absolute Gasteiger partial charge is 0.473 e. The number of urea groups is 1. The van der Waals surface area contributed by atoms with Crippen LogP contribution in [0.1, 0.15) is 0 Å². The number of amides is 2. The summed E-state index contributed by atoms with van der Waals surface area (Å²) in [5.74, 6) is 0.643. The van der Waals surface area contributed by atoms with Crippen molar-refractivity contribution in [1.29, 1.82) is 0 Å². The van der Waals surface area contributed by atoms with Crippen LogP contribution in [0.2, 0.25) is 5.02 Å². The van der Waals surface area contributed by atoms with Crippen molar-refractivity contribution < 1.29 is 9.53 Å². The molecular weight excluding hydrogens is 391 g/mol. The third kappa shape index (κ3) is 4.90. The summed E-state index contributed by atoms with van der Waals surface area (Å²) in [5, 5.41) is 5.95. The Kier molecular flexibility index (Phi) is 5.49. The average molecular weight is 403 g/mol. The number of hydrogen-bond acceptors (Lipinski definition) is 2. The lowest BCUT2D eigenvalue weighted by molar-refractivity contribution is 0.234. The average Bonchev–Trinajstić information content (AvgIpc) is 2.44. The first-order valence-corrected chi connectivity index (χ1v) is 7.28. The van der Waals surface area contributed by atoms with Gasteiger partial charge in [-0.1, -0.05) is 11.6 Å². The normalized spacial score (nSPS) is 9.90. The standard InChI is InChI=1S/C14H12ClIN2O2/c15-10-1-7-13(8-2-10)20-9-17-14(19)18-12-5-3-11(16)4-6-12/h1-8H,9H2,(H2,17,18,19). The van der Waals surface area contributed by atoms with Gasteiger partial charge in [0, 0.05) is 14.3 Å². The van der Waals surface area contributed by atoms with Gasteiger partial charge < -0.3 is 15.4 Å². The van der Waals surface area contributed by atoms with Gasteiger partial charge in [0.15, 0.2) is 6.73 Å². The molecule has 0 spiro atoms. The summed E-state index contributed by atoms with van der Waals surface area (Å²) in [6, 6.07) is 14.1. The number of anilines is 1. The fraction of sp³-hybridized carbons (Fsp3) is 0.0714. The SMILES string of the molecule is O=C(NCOc1ccc(Cl)cc1)Nc1ccc(I)cc1. The molecule has 0 bridgehead atoms. The van der Waals surface area contributed by atoms with E-state index in [0.29, 0.717) is 10.8 Å². The third-order valence-corrected chi connectivity index (χ3v) is 3.36. The molecule has 0 fully saturated rings. The first kappa shape index (κ1) is 14.9. The number of carbonyl (C=O) groups excluding carboxylic acids is 1. The Morgan fingerprint density at radius 3 is 2.40 bits per heavy atom. The number of carbonyl (C=O) groups is 1. The molecular formula is C14H12ClIN2O2. The Balaban J connectivity index is 1.75. The van der Waals surface area contributed by atoms with Gasteiger partial charge in [-0.3, -0.25) is 0 Å². The van der Waals surface area contributed by atoms with Crippen molar-refractivity contribution in [3.05, 3.63) is 57.1 Å². The zero-order valence-corrected chi connectivity index (χ0v) is 13.3. The van der Waals surface area contributed by atoms with E-state index in [1.165, 1.54) is 0 Å². The van der Waals surface area contributed by atoms with Crippen molar-refractivity contribution in [3.8, 4) is 5.75 Å². The van der Waals surface area contributed by atoms with E-state index >= 15 is 0 Å². The molecule has 2 N–H and O–H groups in total. The molecule has 4 nitrogen and oxygen atoms in total. The molecule has 0 unspecified atom stereocenters. The minimum Gasteiger partial charge on any atom is -0.473 e. The monoisotopic (exact) mass is 402 g/mol. The number of rotatable bonds is 4. The van der Waals surface area contributed by atoms with Gasteiger partial charge in [-0.25, -0.2) is 4.79 Å². The Morgan fingerprint density at radius 1 is 1.10 bits per heavy atom. The summed E-state index contributed by atoms with van der Waals surface area (Å²) in [6.07, 6.45) is 0. The summed E-state index contributed by atoms with van der Waals surface area (Å²) in [7, 11) is 0. The zero-order chi connectivity index (χ0) is 14.4. The second-order valence-corrected chi connectivity index (χ2v) is 5.56. The van der Waals surface area contributed by atoms with Crippen molar-refractivity contribution in [3.63, 3.8) is 0 Å². The molecule has 0 saturated heterocycles. The van der Waals surface area contributed by atoms with Gasteiger partial charge in [-0.05, 0) is 71.1 Å². The molecule has 0 aliphatic rings. The van der Waals surface area contributed by atoms with Crippen LogP contribution < -0.4 is 15.4 Å². The topological polar surface area (TPSA) is 50.4 Å². The molecule has 0 saturated carbocycles. The van der Waals surface area contributed by atoms with Crippen LogP contribution in [0.25, 0.3) is 0 Å². The predicted molar refractivity (Wildman–Crippen MR) is 88.3 cm³/mol. The summed E-state index contributed by atoms with van der Waals surface area (Å²) in [5.41, 5.74) is 0.731. The first-order valence-electron chi connectivity index (χ1n) is 5.82. The Bertz CT molecular complexity index is 573. The van der Waals surface area contributed by atoms with Gasteiger partial charge in [-0.15, -0.1) is 0 Å². The number of ether oxygens (including phenoxy) is 1. The fourth-order valence-electron chi connectivity index (χ4n) is 1.42. The van der Waals surface area contributed by atoms with Crippen LogP contribution >= 0.6 is 34.2 Å². The molecule has 0 aliphatic heterocycles. The van der Waals surface area contributed by atoms with Gasteiger partial charge in [0.2, 0.25) is 0 Å². The maximum absolute atomic E-state index is 11.6. The van der Waals surface area contributed by atoms with Gasteiger partial charge in [0.1, 0.15) is 5.75 Å². The van der Waals surface area contributed by atoms with Crippen molar-refractivity contribution in [2.24, 2.45) is 0 Å². The zero-order valence-electron chi connectivity index (χ0n) is 10.4. The summed E-state index contributed by atoms with van der Waals surface area (Å²) in [6.45, 7) is 0.0812. The van der Waals surface area contributed by atoms with Crippen LogP contribution in [0.4, 0.5) is 10.5 Å². The number of halogens is 2. The molecule has 2 aromatic carbocycles. The summed E-state index contributed by atoms with van der Waals surface area (Å²) >= 11 is 7.97. The molecule has 0 aliphatic carbocycles. The van der Waals surface area contributed by atoms with Crippen LogP contribution in [-0.2, 0) is 0 Å². The maximum Gasteiger partial charge on any atom is 0.321 e. The van der Waals surface area contributed by atoms with Crippen molar-refractivity contribution in [1.82, 2.24) is 5.32 Å². The smallest absolute Gasteiger partial charge is 0.321 e. The van der Waals surface area contributed by atoms with E-state index in [1.807, 2.05) is 24.3 Å². The second-order valence-electron chi connectivity index (χ2n) is 3.88. The fourth-order valence-corrected chi connectivity index (χ4v) is 1.91. The lowest BCUT2D eigenvalue weighted by Gasteiger charge is -2.09. The molecule has 2 amide bonds. The third-order valence-electron chi connectivity index (χ3n) is 2.39. The molecule has 6 heteroatoms. The summed E-state index contributed by atoms with van der Waals surface area (Å²) in [4.78, 5) is 11.6. The minimum absolute atomic E-state index is 0.0812. The second kappa shape index (κ2) is 7.35. The lowest BCUT2D eigenvalue weighted by atomic mass is 10.3. The van der Waals surface area contributed by atoms with Crippen molar-refractivity contribution in [2.75, 3.05) is 12.0 Å². The maximum atomic E-state index is 11.6. The van der Waals surface area contributed by atoms with Crippen LogP contribution in [0.15, 0.2) is 48.5 Å². The van der Waals surface area contributed by atoms with Crippen molar-refractivity contribution >= 4 is 45.9 Å².